The summed E-state index contributed by atoms with van der Waals surface area (Å²) >= 11 is 0. The predicted octanol–water partition coefficient (Wildman–Crippen LogP) is 1.54. The van der Waals surface area contributed by atoms with Crippen LogP contribution in [0.1, 0.15) is 11.3 Å². The third-order valence-electron chi connectivity index (χ3n) is 4.55. The van der Waals surface area contributed by atoms with Crippen LogP contribution in [-0.2, 0) is 22.6 Å². The van der Waals surface area contributed by atoms with Gasteiger partial charge in [-0.3, -0.25) is 14.5 Å². The van der Waals surface area contributed by atoms with Gasteiger partial charge in [-0.25, -0.2) is 4.79 Å². The highest BCUT2D eigenvalue weighted by Crippen LogP contribution is 2.21. The van der Waals surface area contributed by atoms with E-state index in [1.807, 2.05) is 30.5 Å². The Bertz CT molecular complexity index is 992. The van der Waals surface area contributed by atoms with Crippen LogP contribution in [0.2, 0.25) is 0 Å². The van der Waals surface area contributed by atoms with E-state index in [9.17, 15) is 14.4 Å². The van der Waals surface area contributed by atoms with Crippen molar-refractivity contribution >= 4 is 28.7 Å². The maximum atomic E-state index is 12.6. The van der Waals surface area contributed by atoms with Crippen molar-refractivity contribution in [3.63, 3.8) is 0 Å². The standard InChI is InChI=1S/C19H18N4O4/c24-17(21-10-13-4-3-7-27-13)11-23-18(25)16(22-19(23)26)8-12-9-20-15-6-2-1-5-14(12)15/h1-7,9,16,20H,8,10-11H2,(H,21,24)(H,22,26)/t16-/m0/s1. The molecular formula is C19H18N4O4. The van der Waals surface area contributed by atoms with E-state index >= 15 is 0 Å². The van der Waals surface area contributed by atoms with E-state index in [1.54, 1.807) is 12.1 Å². The number of hydrogen-bond donors (Lipinski definition) is 3. The molecule has 2 aromatic heterocycles. The number of aromatic amines is 1. The summed E-state index contributed by atoms with van der Waals surface area (Å²) < 4.78 is 5.13. The highest BCUT2D eigenvalue weighted by molar-refractivity contribution is 6.06. The number of H-pyrrole nitrogens is 1. The number of hydrogen-bond acceptors (Lipinski definition) is 4. The first-order valence-electron chi connectivity index (χ1n) is 8.58. The van der Waals surface area contributed by atoms with Gasteiger partial charge in [0.2, 0.25) is 5.91 Å². The minimum atomic E-state index is -0.686. The molecule has 0 saturated carbocycles. The molecule has 1 aliphatic heterocycles. The van der Waals surface area contributed by atoms with E-state index in [0.29, 0.717) is 12.2 Å². The molecule has 4 amide bonds. The summed E-state index contributed by atoms with van der Waals surface area (Å²) in [5.74, 6) is -0.237. The third-order valence-corrected chi connectivity index (χ3v) is 4.55. The Morgan fingerprint density at radius 2 is 2.04 bits per heavy atom. The fourth-order valence-corrected chi connectivity index (χ4v) is 3.18. The second kappa shape index (κ2) is 6.99. The number of imide groups is 1. The number of carbonyl (C=O) groups is 3. The molecule has 1 fully saturated rings. The van der Waals surface area contributed by atoms with Gasteiger partial charge in [-0.2, -0.15) is 0 Å². The van der Waals surface area contributed by atoms with Crippen molar-refractivity contribution in [2.45, 2.75) is 19.0 Å². The number of benzene rings is 1. The second-order valence-electron chi connectivity index (χ2n) is 6.35. The van der Waals surface area contributed by atoms with Crippen molar-refractivity contribution in [1.82, 2.24) is 20.5 Å². The average molecular weight is 366 g/mol. The molecule has 1 aromatic carbocycles. The summed E-state index contributed by atoms with van der Waals surface area (Å²) in [5.41, 5.74) is 1.91. The average Bonchev–Trinajstić information content (AvgIpc) is 3.38. The third kappa shape index (κ3) is 3.41. The van der Waals surface area contributed by atoms with E-state index in [-0.39, 0.29) is 13.1 Å². The van der Waals surface area contributed by atoms with Crippen molar-refractivity contribution in [3.05, 3.63) is 60.2 Å². The number of para-hydroxylation sites is 1. The van der Waals surface area contributed by atoms with Crippen molar-refractivity contribution in [2.24, 2.45) is 0 Å². The van der Waals surface area contributed by atoms with Crippen LogP contribution in [0.3, 0.4) is 0 Å². The maximum Gasteiger partial charge on any atom is 0.325 e. The summed E-state index contributed by atoms with van der Waals surface area (Å²) in [7, 11) is 0. The van der Waals surface area contributed by atoms with Gasteiger partial charge < -0.3 is 20.0 Å². The molecule has 1 atom stereocenters. The molecule has 0 radical (unpaired) electrons. The van der Waals surface area contributed by atoms with Gasteiger partial charge in [-0.1, -0.05) is 18.2 Å². The van der Waals surface area contributed by atoms with E-state index in [2.05, 4.69) is 15.6 Å². The maximum absolute atomic E-state index is 12.6. The molecule has 0 unspecified atom stereocenters. The molecular weight excluding hydrogens is 348 g/mol. The highest BCUT2D eigenvalue weighted by Gasteiger charge is 2.39. The molecule has 0 aliphatic carbocycles. The largest absolute Gasteiger partial charge is 0.467 e. The number of urea groups is 1. The molecule has 3 heterocycles. The molecule has 3 N–H and O–H groups in total. The number of furan rings is 1. The fraction of sp³-hybridized carbons (Fsp3) is 0.211. The van der Waals surface area contributed by atoms with Crippen LogP contribution in [0.5, 0.6) is 0 Å². The predicted molar refractivity (Wildman–Crippen MR) is 96.6 cm³/mol. The first-order valence-corrected chi connectivity index (χ1v) is 8.58. The first kappa shape index (κ1) is 16.9. The monoisotopic (exact) mass is 366 g/mol. The number of amides is 4. The summed E-state index contributed by atoms with van der Waals surface area (Å²) in [6.45, 7) is -0.121. The lowest BCUT2D eigenvalue weighted by atomic mass is 10.1. The molecule has 8 nitrogen and oxygen atoms in total. The second-order valence-corrected chi connectivity index (χ2v) is 6.35. The Morgan fingerprint density at radius 3 is 2.85 bits per heavy atom. The molecule has 0 bridgehead atoms. The Labute approximate surface area is 154 Å². The number of carbonyl (C=O) groups excluding carboxylic acids is 3. The molecule has 138 valence electrons. The number of fused-ring (bicyclic) bond motifs is 1. The summed E-state index contributed by atoms with van der Waals surface area (Å²) in [6.07, 6.45) is 3.70. The minimum absolute atomic E-state index is 0.203. The lowest BCUT2D eigenvalue weighted by Gasteiger charge is -2.12. The Kier molecular flexibility index (Phi) is 4.37. The number of nitrogens with one attached hydrogen (secondary N) is 3. The van der Waals surface area contributed by atoms with Crippen LogP contribution in [0.4, 0.5) is 4.79 Å². The number of rotatable bonds is 6. The normalized spacial score (nSPS) is 16.7. The molecule has 4 rings (SSSR count). The highest BCUT2D eigenvalue weighted by atomic mass is 16.3. The summed E-state index contributed by atoms with van der Waals surface area (Å²) in [4.78, 5) is 40.9. The minimum Gasteiger partial charge on any atom is -0.467 e. The van der Waals surface area contributed by atoms with Gasteiger partial charge in [-0.15, -0.1) is 0 Å². The van der Waals surface area contributed by atoms with Gasteiger partial charge in [0.25, 0.3) is 5.91 Å². The van der Waals surface area contributed by atoms with Crippen LogP contribution in [0, 0.1) is 0 Å². The van der Waals surface area contributed by atoms with Crippen molar-refractivity contribution < 1.29 is 18.8 Å². The van der Waals surface area contributed by atoms with Gasteiger partial charge in [0.05, 0.1) is 12.8 Å². The van der Waals surface area contributed by atoms with Gasteiger partial charge in [0.1, 0.15) is 18.3 Å². The zero-order chi connectivity index (χ0) is 18.8. The molecule has 1 saturated heterocycles. The van der Waals surface area contributed by atoms with Crippen molar-refractivity contribution in [2.75, 3.05) is 6.54 Å². The number of nitrogens with zero attached hydrogens (tertiary/aromatic N) is 1. The lowest BCUT2D eigenvalue weighted by Crippen LogP contribution is -2.41. The van der Waals surface area contributed by atoms with Crippen LogP contribution in [0.25, 0.3) is 10.9 Å². The van der Waals surface area contributed by atoms with Crippen molar-refractivity contribution in [3.8, 4) is 0 Å². The Balaban J connectivity index is 1.39. The van der Waals surface area contributed by atoms with E-state index in [4.69, 9.17) is 4.42 Å². The van der Waals surface area contributed by atoms with E-state index < -0.39 is 23.9 Å². The van der Waals surface area contributed by atoms with Crippen LogP contribution in [-0.4, -0.2) is 40.3 Å². The van der Waals surface area contributed by atoms with E-state index in [0.717, 1.165) is 21.4 Å². The smallest absolute Gasteiger partial charge is 0.325 e. The van der Waals surface area contributed by atoms with Crippen LogP contribution in [0.15, 0.2) is 53.3 Å². The Hall–Kier alpha value is -3.55. The zero-order valence-electron chi connectivity index (χ0n) is 14.4. The van der Waals surface area contributed by atoms with Gasteiger partial charge >= 0.3 is 6.03 Å². The lowest BCUT2D eigenvalue weighted by molar-refractivity contribution is -0.132. The quantitative estimate of drug-likeness (QED) is 0.575. The SMILES string of the molecule is O=C(CN1C(=O)N[C@@H](Cc2c[nH]c3ccccc23)C1=O)NCc1ccco1. The molecule has 0 spiro atoms. The topological polar surface area (TPSA) is 107 Å². The molecule has 27 heavy (non-hydrogen) atoms. The van der Waals surface area contributed by atoms with Crippen molar-refractivity contribution in [1.29, 1.82) is 0 Å². The molecule has 3 aromatic rings. The van der Waals surface area contributed by atoms with E-state index in [1.165, 1.54) is 6.26 Å². The molecule has 8 heteroatoms. The summed E-state index contributed by atoms with van der Waals surface area (Å²) in [5, 5.41) is 6.29. The van der Waals surface area contributed by atoms with Gasteiger partial charge in [0.15, 0.2) is 0 Å². The van der Waals surface area contributed by atoms with Crippen LogP contribution >= 0.6 is 0 Å². The Morgan fingerprint density at radius 1 is 1.19 bits per heavy atom. The zero-order valence-corrected chi connectivity index (χ0v) is 14.4. The fourth-order valence-electron chi connectivity index (χ4n) is 3.18. The molecule has 1 aliphatic rings. The first-order chi connectivity index (χ1) is 13.1. The van der Waals surface area contributed by atoms with Gasteiger partial charge in [0, 0.05) is 23.5 Å². The number of aromatic nitrogens is 1. The van der Waals surface area contributed by atoms with Crippen LogP contribution < -0.4 is 10.6 Å². The van der Waals surface area contributed by atoms with Gasteiger partial charge in [-0.05, 0) is 23.8 Å². The summed E-state index contributed by atoms with van der Waals surface area (Å²) in [6, 6.07) is 9.96.